The van der Waals surface area contributed by atoms with Gasteiger partial charge >= 0.3 is 0 Å². The summed E-state index contributed by atoms with van der Waals surface area (Å²) in [6, 6.07) is 0. The molecular formula is C4H13ClFN. The fourth-order valence-corrected chi connectivity index (χ4v) is 0. The van der Waals surface area contributed by atoms with Gasteiger partial charge in [0.2, 0.25) is 0 Å². The maximum Gasteiger partial charge on any atom is -0.0564 e. The first-order valence-electron chi connectivity index (χ1n) is 2.13. The molecule has 7 heavy (non-hydrogen) atoms. The van der Waals surface area contributed by atoms with Gasteiger partial charge < -0.3 is 0 Å². The zero-order valence-electron chi connectivity index (χ0n) is 4.78. The van der Waals surface area contributed by atoms with Crippen LogP contribution in [0.2, 0.25) is 0 Å². The molecule has 0 bridgehead atoms. The number of hydrogen-bond donors (Lipinski definition) is 1. The minimum atomic E-state index is 0. The Morgan fingerprint density at radius 3 is 1.29 bits per heavy atom. The third kappa shape index (κ3) is 77.5. The van der Waals surface area contributed by atoms with Gasteiger partial charge in [0.1, 0.15) is 0 Å². The van der Waals surface area contributed by atoms with Crippen LogP contribution in [0.5, 0.6) is 0 Å². The molecule has 0 radical (unpaired) electrons. The Labute approximate surface area is 50.4 Å². The number of unbranched alkanes of at least 4 members (excludes halogenated alkanes) is 1. The van der Waals surface area contributed by atoms with E-state index in [1.807, 2.05) is 0 Å². The molecule has 0 aromatic carbocycles. The van der Waals surface area contributed by atoms with E-state index >= 15 is 0 Å². The second-order valence-corrected chi connectivity index (χ2v) is 1.000. The Morgan fingerprint density at radius 1 is 1.14 bits per heavy atom. The highest BCUT2D eigenvalue weighted by Crippen LogP contribution is 1.76. The largest absolute Gasteiger partial charge is 0.172 e. The van der Waals surface area contributed by atoms with Crippen molar-refractivity contribution < 1.29 is 4.48 Å². The van der Waals surface area contributed by atoms with Gasteiger partial charge in [-0.05, 0) is 0 Å². The second kappa shape index (κ2) is 34.9. The number of hydrogen-bond acceptors (Lipinski definition) is 1. The van der Waals surface area contributed by atoms with E-state index in [2.05, 4.69) is 19.8 Å². The van der Waals surface area contributed by atoms with Crippen LogP contribution in [0.1, 0.15) is 26.7 Å². The van der Waals surface area contributed by atoms with Gasteiger partial charge in [-0.25, -0.2) is 0 Å². The molecule has 0 saturated carbocycles. The molecule has 0 fully saturated rings. The Bertz CT molecular complexity index is 13.7. The molecule has 3 heteroatoms. The molecular weight excluding hydrogens is 117 g/mol. The third-order valence-corrected chi connectivity index (χ3v) is 0.500. The van der Waals surface area contributed by atoms with E-state index < -0.39 is 0 Å². The van der Waals surface area contributed by atoms with Crippen molar-refractivity contribution in [1.82, 2.24) is 0 Å². The number of nitrogens with two attached hydrogens (primary N) is 1. The van der Waals surface area contributed by atoms with Crippen LogP contribution in [-0.2, 0) is 0 Å². The van der Waals surface area contributed by atoms with Crippen molar-refractivity contribution in [2.24, 2.45) is 5.96 Å². The highest BCUT2D eigenvalue weighted by molar-refractivity contribution is 5.85. The van der Waals surface area contributed by atoms with Crippen LogP contribution in [0.25, 0.3) is 0 Å². The van der Waals surface area contributed by atoms with E-state index in [9.17, 15) is 0 Å². The summed E-state index contributed by atoms with van der Waals surface area (Å²) < 4.78 is 9.00. The van der Waals surface area contributed by atoms with Crippen LogP contribution < -0.4 is 5.96 Å². The molecule has 0 atom stereocenters. The van der Waals surface area contributed by atoms with Crippen LogP contribution >= 0.6 is 12.4 Å². The smallest absolute Gasteiger partial charge is 0.0564 e. The predicted octanol–water partition coefficient (Wildman–Crippen LogP) is 2.06. The maximum absolute atomic E-state index is 9.00. The van der Waals surface area contributed by atoms with Crippen LogP contribution in [-0.4, -0.2) is 0 Å². The molecule has 48 valence electrons. The van der Waals surface area contributed by atoms with E-state index in [1.165, 1.54) is 12.8 Å². The van der Waals surface area contributed by atoms with Gasteiger partial charge in [0.05, 0.1) is 0 Å². The summed E-state index contributed by atoms with van der Waals surface area (Å²) >= 11 is 0. The normalized spacial score (nSPS) is 5.14. The molecule has 0 amide bonds. The third-order valence-electron chi connectivity index (χ3n) is 0.500. The van der Waals surface area contributed by atoms with E-state index in [1.54, 1.807) is 0 Å². The van der Waals surface area contributed by atoms with E-state index in [0.29, 0.717) is 0 Å². The van der Waals surface area contributed by atoms with E-state index in [4.69, 9.17) is 4.48 Å². The molecule has 0 aromatic rings. The summed E-state index contributed by atoms with van der Waals surface area (Å²) in [5.74, 6) is 3.00. The molecule has 0 aliphatic rings. The highest BCUT2D eigenvalue weighted by Gasteiger charge is 1.56. The van der Waals surface area contributed by atoms with Crippen LogP contribution in [0.15, 0.2) is 0 Å². The molecule has 0 aliphatic heterocycles. The minimum Gasteiger partial charge on any atom is -0.172 e. The van der Waals surface area contributed by atoms with E-state index in [-0.39, 0.29) is 12.4 Å². The first-order chi connectivity index (χ1) is 2.91. The molecule has 0 heterocycles. The molecule has 0 unspecified atom stereocenters. The van der Waals surface area contributed by atoms with Gasteiger partial charge in [0, 0.05) is 0 Å². The summed E-state index contributed by atoms with van der Waals surface area (Å²) in [4.78, 5) is 0. The first kappa shape index (κ1) is 15.7. The lowest BCUT2D eigenvalue weighted by atomic mass is 10.4. The molecule has 0 aromatic heterocycles. The quantitative estimate of drug-likeness (QED) is 0.539. The van der Waals surface area contributed by atoms with Crippen molar-refractivity contribution in [3.8, 4) is 0 Å². The number of halogens is 2. The zero-order chi connectivity index (χ0) is 5.41. The molecule has 0 spiro atoms. The molecule has 2 N–H and O–H groups in total. The summed E-state index contributed by atoms with van der Waals surface area (Å²) in [5, 5.41) is 0. The average molecular weight is 130 g/mol. The fraction of sp³-hybridized carbons (Fsp3) is 1.00. The van der Waals surface area contributed by atoms with Crippen LogP contribution in [0.3, 0.4) is 0 Å². The molecule has 0 aliphatic carbocycles. The van der Waals surface area contributed by atoms with Crippen molar-refractivity contribution in [3.05, 3.63) is 0 Å². The average Bonchev–Trinajstić information content (AvgIpc) is 1.72. The second-order valence-electron chi connectivity index (χ2n) is 1.000. The van der Waals surface area contributed by atoms with Gasteiger partial charge in [-0.2, -0.15) is 5.96 Å². The van der Waals surface area contributed by atoms with Crippen LogP contribution in [0, 0.1) is 0 Å². The standard InChI is InChI=1S/C4H10.ClH.FH2N/c1-3-4-2;;1-2/h3-4H2,1-2H3;1H;2H2. The Morgan fingerprint density at radius 2 is 1.29 bits per heavy atom. The fourth-order valence-electron chi connectivity index (χ4n) is 0. The SMILES string of the molecule is CCCC.Cl.NF. The summed E-state index contributed by atoms with van der Waals surface area (Å²) in [6.45, 7) is 4.36. The topological polar surface area (TPSA) is 26.0 Å². The van der Waals surface area contributed by atoms with Gasteiger partial charge in [-0.1, -0.05) is 26.7 Å². The zero-order valence-corrected chi connectivity index (χ0v) is 5.59. The van der Waals surface area contributed by atoms with Gasteiger partial charge in [-0.15, -0.1) is 16.9 Å². The van der Waals surface area contributed by atoms with Crippen molar-refractivity contribution in [1.29, 1.82) is 0 Å². The summed E-state index contributed by atoms with van der Waals surface area (Å²) in [7, 11) is 0. The molecule has 0 rings (SSSR count). The van der Waals surface area contributed by atoms with Crippen LogP contribution in [0.4, 0.5) is 4.48 Å². The summed E-state index contributed by atoms with van der Waals surface area (Å²) in [5.41, 5.74) is 0. The van der Waals surface area contributed by atoms with Crippen molar-refractivity contribution in [3.63, 3.8) is 0 Å². The lowest BCUT2D eigenvalue weighted by Gasteiger charge is -1.68. The van der Waals surface area contributed by atoms with Crippen molar-refractivity contribution in [2.75, 3.05) is 0 Å². The first-order valence-corrected chi connectivity index (χ1v) is 2.13. The predicted molar refractivity (Wildman–Crippen MR) is 33.1 cm³/mol. The lowest BCUT2D eigenvalue weighted by Crippen LogP contribution is -1.53. The van der Waals surface area contributed by atoms with Gasteiger partial charge in [0.25, 0.3) is 0 Å². The maximum atomic E-state index is 9.00. The Balaban J connectivity index is -0.0000000480. The van der Waals surface area contributed by atoms with Gasteiger partial charge in [-0.3, -0.25) is 0 Å². The van der Waals surface area contributed by atoms with E-state index in [0.717, 1.165) is 0 Å². The number of rotatable bonds is 1. The monoisotopic (exact) mass is 129 g/mol. The molecule has 1 nitrogen and oxygen atoms in total. The summed E-state index contributed by atoms with van der Waals surface area (Å²) in [6.07, 6.45) is 2.64. The minimum absolute atomic E-state index is 0. The molecule has 0 saturated heterocycles. The lowest BCUT2D eigenvalue weighted by molar-refractivity contribution is 0.530. The van der Waals surface area contributed by atoms with Crippen molar-refractivity contribution >= 4 is 12.4 Å². The Kier molecular flexibility index (Phi) is 78.2. The van der Waals surface area contributed by atoms with Gasteiger partial charge in [0.15, 0.2) is 0 Å². The van der Waals surface area contributed by atoms with Crippen molar-refractivity contribution in [2.45, 2.75) is 26.7 Å². The highest BCUT2D eigenvalue weighted by atomic mass is 35.5. The Hall–Kier alpha value is 0.180.